The van der Waals surface area contributed by atoms with Crippen LogP contribution in [0.1, 0.15) is 51.6 Å². The van der Waals surface area contributed by atoms with Gasteiger partial charge in [0.25, 0.3) is 11.8 Å². The molecule has 0 saturated carbocycles. The Morgan fingerprint density at radius 3 is 2.41 bits per heavy atom. The van der Waals surface area contributed by atoms with Crippen molar-refractivity contribution in [3.05, 3.63) is 64.7 Å². The zero-order valence-corrected chi connectivity index (χ0v) is 17.2. The van der Waals surface area contributed by atoms with Crippen LogP contribution in [-0.2, 0) is 12.8 Å². The maximum absolute atomic E-state index is 12.7. The van der Waals surface area contributed by atoms with E-state index in [4.69, 9.17) is 4.74 Å². The first-order valence-electron chi connectivity index (χ1n) is 10.5. The molecule has 5 heteroatoms. The molecule has 1 aliphatic carbocycles. The predicted octanol–water partition coefficient (Wildman–Crippen LogP) is 3.56. The third-order valence-electron chi connectivity index (χ3n) is 6.15. The largest absolute Gasteiger partial charge is 0.496 e. The second kappa shape index (κ2) is 8.37. The Bertz CT molecular complexity index is 889. The molecular formula is C24H28N2O3. The van der Waals surface area contributed by atoms with E-state index in [2.05, 4.69) is 24.0 Å². The van der Waals surface area contributed by atoms with E-state index in [0.29, 0.717) is 30.3 Å². The van der Waals surface area contributed by atoms with Crippen LogP contribution >= 0.6 is 0 Å². The lowest BCUT2D eigenvalue weighted by molar-refractivity contribution is 0.0619. The highest BCUT2D eigenvalue weighted by Gasteiger charge is 2.35. The normalized spacial score (nSPS) is 18.2. The summed E-state index contributed by atoms with van der Waals surface area (Å²) < 4.78 is 5.53. The monoisotopic (exact) mass is 392 g/mol. The van der Waals surface area contributed by atoms with E-state index in [1.807, 2.05) is 18.2 Å². The summed E-state index contributed by atoms with van der Waals surface area (Å²) in [6.45, 7) is 4.29. The first-order chi connectivity index (χ1) is 14.1. The molecule has 4 rings (SSSR count). The van der Waals surface area contributed by atoms with Gasteiger partial charge in [0, 0.05) is 19.1 Å². The van der Waals surface area contributed by atoms with Crippen LogP contribution in [0.2, 0.25) is 0 Å². The standard InChI is InChI=1S/C24H28N2O3/c1-3-13-25(18-11-12-19-17(16-18)7-6-10-22(19)29-2)14-15-26-23(27)20-8-4-5-9-21(20)24(26)28/h4-10,18H,3,11-16H2,1-2H3. The second-order valence-electron chi connectivity index (χ2n) is 7.84. The molecule has 1 unspecified atom stereocenters. The van der Waals surface area contributed by atoms with E-state index in [1.54, 1.807) is 19.2 Å². The smallest absolute Gasteiger partial charge is 0.261 e. The van der Waals surface area contributed by atoms with Crippen molar-refractivity contribution >= 4 is 11.8 Å². The van der Waals surface area contributed by atoms with Crippen molar-refractivity contribution in [1.82, 2.24) is 9.80 Å². The molecule has 2 aromatic rings. The van der Waals surface area contributed by atoms with Crippen LogP contribution < -0.4 is 4.74 Å². The molecule has 29 heavy (non-hydrogen) atoms. The number of fused-ring (bicyclic) bond motifs is 2. The van der Waals surface area contributed by atoms with Gasteiger partial charge in [0.15, 0.2) is 0 Å². The summed E-state index contributed by atoms with van der Waals surface area (Å²) in [5.74, 6) is 0.649. The van der Waals surface area contributed by atoms with E-state index in [1.165, 1.54) is 16.0 Å². The van der Waals surface area contributed by atoms with Gasteiger partial charge in [-0.2, -0.15) is 0 Å². The Kier molecular flexibility index (Phi) is 5.67. The molecule has 2 aromatic carbocycles. The Balaban J connectivity index is 1.45. The number of rotatable bonds is 7. The van der Waals surface area contributed by atoms with Crippen LogP contribution in [0.5, 0.6) is 5.75 Å². The van der Waals surface area contributed by atoms with Gasteiger partial charge in [-0.15, -0.1) is 0 Å². The van der Waals surface area contributed by atoms with Gasteiger partial charge in [-0.05, 0) is 61.6 Å². The van der Waals surface area contributed by atoms with Crippen molar-refractivity contribution in [3.8, 4) is 5.75 Å². The molecule has 1 atom stereocenters. The van der Waals surface area contributed by atoms with Crippen molar-refractivity contribution in [2.45, 2.75) is 38.6 Å². The van der Waals surface area contributed by atoms with Gasteiger partial charge in [-0.25, -0.2) is 0 Å². The van der Waals surface area contributed by atoms with Gasteiger partial charge in [0.2, 0.25) is 0 Å². The first kappa shape index (κ1) is 19.6. The zero-order chi connectivity index (χ0) is 20.4. The summed E-state index contributed by atoms with van der Waals surface area (Å²) in [6, 6.07) is 13.8. The van der Waals surface area contributed by atoms with E-state index >= 15 is 0 Å². The van der Waals surface area contributed by atoms with Crippen molar-refractivity contribution in [2.24, 2.45) is 0 Å². The SMILES string of the molecule is CCCN(CCN1C(=O)c2ccccc2C1=O)C1CCc2c(cccc2OC)C1. The van der Waals surface area contributed by atoms with Crippen LogP contribution in [0.15, 0.2) is 42.5 Å². The van der Waals surface area contributed by atoms with E-state index in [0.717, 1.165) is 38.0 Å². The topological polar surface area (TPSA) is 49.9 Å². The number of hydrogen-bond acceptors (Lipinski definition) is 4. The zero-order valence-electron chi connectivity index (χ0n) is 17.2. The minimum absolute atomic E-state index is 0.166. The summed E-state index contributed by atoms with van der Waals surface area (Å²) in [5, 5.41) is 0. The van der Waals surface area contributed by atoms with Crippen LogP contribution in [0, 0.1) is 0 Å². The third kappa shape index (κ3) is 3.67. The number of methoxy groups -OCH3 is 1. The number of hydrogen-bond donors (Lipinski definition) is 0. The minimum Gasteiger partial charge on any atom is -0.496 e. The molecule has 0 saturated heterocycles. The number of carbonyl (C=O) groups is 2. The molecule has 0 aromatic heterocycles. The fourth-order valence-electron chi connectivity index (χ4n) is 4.69. The lowest BCUT2D eigenvalue weighted by atomic mass is 9.86. The fraction of sp³-hybridized carbons (Fsp3) is 0.417. The fourth-order valence-corrected chi connectivity index (χ4v) is 4.69. The number of imide groups is 1. The number of amides is 2. The maximum atomic E-state index is 12.7. The number of ether oxygens (including phenoxy) is 1. The van der Waals surface area contributed by atoms with Gasteiger partial charge in [0.1, 0.15) is 5.75 Å². The van der Waals surface area contributed by atoms with Crippen LogP contribution in [-0.4, -0.2) is 54.4 Å². The first-order valence-corrected chi connectivity index (χ1v) is 10.5. The van der Waals surface area contributed by atoms with Gasteiger partial charge in [0.05, 0.1) is 18.2 Å². The van der Waals surface area contributed by atoms with Crippen molar-refractivity contribution in [3.63, 3.8) is 0 Å². The maximum Gasteiger partial charge on any atom is 0.261 e. The second-order valence-corrected chi connectivity index (χ2v) is 7.84. The molecule has 2 aliphatic rings. The summed E-state index contributed by atoms with van der Waals surface area (Å²) in [5.41, 5.74) is 3.72. The summed E-state index contributed by atoms with van der Waals surface area (Å²) in [4.78, 5) is 29.2. The molecule has 152 valence electrons. The number of carbonyl (C=O) groups excluding carboxylic acids is 2. The van der Waals surface area contributed by atoms with Crippen LogP contribution in [0.4, 0.5) is 0 Å². The van der Waals surface area contributed by atoms with Gasteiger partial charge >= 0.3 is 0 Å². The molecule has 0 fully saturated rings. The quantitative estimate of drug-likeness (QED) is 0.676. The highest BCUT2D eigenvalue weighted by Crippen LogP contribution is 2.31. The van der Waals surface area contributed by atoms with Gasteiger partial charge in [-0.1, -0.05) is 31.2 Å². The Morgan fingerprint density at radius 1 is 1.03 bits per heavy atom. The highest BCUT2D eigenvalue weighted by atomic mass is 16.5. The molecule has 0 spiro atoms. The molecule has 1 aliphatic heterocycles. The Morgan fingerprint density at radius 2 is 1.76 bits per heavy atom. The molecule has 0 bridgehead atoms. The molecule has 1 heterocycles. The van der Waals surface area contributed by atoms with Crippen molar-refractivity contribution in [2.75, 3.05) is 26.7 Å². The lowest BCUT2D eigenvalue weighted by Crippen LogP contribution is -2.45. The highest BCUT2D eigenvalue weighted by molar-refractivity contribution is 6.21. The van der Waals surface area contributed by atoms with E-state index in [9.17, 15) is 9.59 Å². The summed E-state index contributed by atoms with van der Waals surface area (Å²) >= 11 is 0. The van der Waals surface area contributed by atoms with E-state index in [-0.39, 0.29) is 11.8 Å². The Labute approximate surface area is 172 Å². The minimum atomic E-state index is -0.166. The molecular weight excluding hydrogens is 364 g/mol. The average Bonchev–Trinajstić information content (AvgIpc) is 3.00. The predicted molar refractivity (Wildman–Crippen MR) is 112 cm³/mol. The number of benzene rings is 2. The number of nitrogens with zero attached hydrogens (tertiary/aromatic N) is 2. The summed E-state index contributed by atoms with van der Waals surface area (Å²) in [6.07, 6.45) is 4.09. The van der Waals surface area contributed by atoms with Crippen molar-refractivity contribution in [1.29, 1.82) is 0 Å². The molecule has 2 amide bonds. The molecule has 0 N–H and O–H groups in total. The Hall–Kier alpha value is -2.66. The van der Waals surface area contributed by atoms with E-state index < -0.39 is 0 Å². The molecule has 5 nitrogen and oxygen atoms in total. The summed E-state index contributed by atoms with van der Waals surface area (Å²) in [7, 11) is 1.73. The van der Waals surface area contributed by atoms with Crippen LogP contribution in [0.25, 0.3) is 0 Å². The van der Waals surface area contributed by atoms with Gasteiger partial charge in [-0.3, -0.25) is 19.4 Å². The van der Waals surface area contributed by atoms with Gasteiger partial charge < -0.3 is 4.74 Å². The molecule has 0 radical (unpaired) electrons. The lowest BCUT2D eigenvalue weighted by Gasteiger charge is -2.36. The van der Waals surface area contributed by atoms with Crippen molar-refractivity contribution < 1.29 is 14.3 Å². The van der Waals surface area contributed by atoms with Crippen LogP contribution in [0.3, 0.4) is 0 Å². The average molecular weight is 392 g/mol. The third-order valence-corrected chi connectivity index (χ3v) is 6.15.